The van der Waals surface area contributed by atoms with E-state index < -0.39 is 0 Å². The molecule has 132 valence electrons. The number of nitrogens with one attached hydrogen (secondary N) is 1. The van der Waals surface area contributed by atoms with Gasteiger partial charge in [0, 0.05) is 21.8 Å². The summed E-state index contributed by atoms with van der Waals surface area (Å²) in [5, 5.41) is 3.58. The first-order valence-corrected chi connectivity index (χ1v) is 8.75. The molecule has 0 spiro atoms. The molecular weight excluding hydrogens is 346 g/mol. The van der Waals surface area contributed by atoms with E-state index in [4.69, 9.17) is 16.3 Å². The van der Waals surface area contributed by atoms with Crippen molar-refractivity contribution in [1.82, 2.24) is 0 Å². The second-order valence-corrected chi connectivity index (χ2v) is 6.57. The van der Waals surface area contributed by atoms with E-state index in [1.807, 2.05) is 62.4 Å². The monoisotopic (exact) mass is 365 g/mol. The molecule has 0 heterocycles. The molecule has 0 fully saturated rings. The number of carbonyl (C=O) groups excluding carboxylic acids is 1. The van der Waals surface area contributed by atoms with Crippen molar-refractivity contribution >= 4 is 23.2 Å². The van der Waals surface area contributed by atoms with E-state index in [1.54, 1.807) is 18.2 Å². The highest BCUT2D eigenvalue weighted by molar-refractivity contribution is 6.31. The van der Waals surface area contributed by atoms with Crippen LogP contribution in [0.5, 0.6) is 5.75 Å². The van der Waals surface area contributed by atoms with Gasteiger partial charge in [-0.2, -0.15) is 0 Å². The van der Waals surface area contributed by atoms with Gasteiger partial charge < -0.3 is 10.1 Å². The average molecular weight is 366 g/mol. The summed E-state index contributed by atoms with van der Waals surface area (Å²) < 4.78 is 5.78. The predicted octanol–water partition coefficient (Wildman–Crippen LogP) is 5.79. The zero-order chi connectivity index (χ0) is 18.5. The van der Waals surface area contributed by atoms with E-state index in [0.717, 1.165) is 16.8 Å². The molecule has 0 radical (unpaired) electrons. The Balaban J connectivity index is 1.69. The number of halogens is 1. The number of anilines is 1. The van der Waals surface area contributed by atoms with E-state index in [0.29, 0.717) is 22.9 Å². The molecule has 0 unspecified atom stereocenters. The van der Waals surface area contributed by atoms with Gasteiger partial charge in [0.25, 0.3) is 5.91 Å². The minimum absolute atomic E-state index is 0.170. The Labute approximate surface area is 158 Å². The van der Waals surface area contributed by atoms with Crippen molar-refractivity contribution in [2.45, 2.75) is 20.5 Å². The third-order valence-electron chi connectivity index (χ3n) is 4.21. The van der Waals surface area contributed by atoms with Crippen LogP contribution in [0.3, 0.4) is 0 Å². The third kappa shape index (κ3) is 4.44. The molecule has 3 rings (SSSR count). The highest BCUT2D eigenvalue weighted by Gasteiger charge is 2.08. The third-order valence-corrected chi connectivity index (χ3v) is 4.58. The Kier molecular flexibility index (Phi) is 5.59. The zero-order valence-corrected chi connectivity index (χ0v) is 15.5. The lowest BCUT2D eigenvalue weighted by atomic mass is 10.1. The lowest BCUT2D eigenvalue weighted by molar-refractivity contribution is 0.102. The molecule has 26 heavy (non-hydrogen) atoms. The van der Waals surface area contributed by atoms with Gasteiger partial charge >= 0.3 is 0 Å². The Morgan fingerprint density at radius 1 is 0.962 bits per heavy atom. The average Bonchev–Trinajstić information content (AvgIpc) is 2.64. The SMILES string of the molecule is Cc1ccc(NC(=O)c2cccc(OCc3ccccc3Cl)c2)cc1C. The van der Waals surface area contributed by atoms with Gasteiger partial charge in [-0.15, -0.1) is 0 Å². The van der Waals surface area contributed by atoms with Crippen LogP contribution < -0.4 is 10.1 Å². The van der Waals surface area contributed by atoms with Crippen molar-refractivity contribution in [3.05, 3.63) is 94.0 Å². The Bertz CT molecular complexity index is 937. The molecule has 0 bridgehead atoms. The summed E-state index contributed by atoms with van der Waals surface area (Å²) in [6.07, 6.45) is 0. The second kappa shape index (κ2) is 8.07. The molecule has 0 atom stereocenters. The first-order valence-electron chi connectivity index (χ1n) is 8.38. The number of hydrogen-bond donors (Lipinski definition) is 1. The lowest BCUT2D eigenvalue weighted by Crippen LogP contribution is -2.12. The van der Waals surface area contributed by atoms with Crippen molar-refractivity contribution < 1.29 is 9.53 Å². The normalized spacial score (nSPS) is 10.4. The van der Waals surface area contributed by atoms with E-state index in [-0.39, 0.29) is 5.91 Å². The second-order valence-electron chi connectivity index (χ2n) is 6.16. The summed E-state index contributed by atoms with van der Waals surface area (Å²) in [6.45, 7) is 4.41. The van der Waals surface area contributed by atoms with Crippen molar-refractivity contribution in [3.8, 4) is 5.75 Å². The van der Waals surface area contributed by atoms with Gasteiger partial charge in [-0.05, 0) is 61.4 Å². The van der Waals surface area contributed by atoms with Gasteiger partial charge in [0.1, 0.15) is 12.4 Å². The number of amides is 1. The fourth-order valence-electron chi connectivity index (χ4n) is 2.53. The number of aryl methyl sites for hydroxylation is 2. The number of benzene rings is 3. The van der Waals surface area contributed by atoms with E-state index in [1.165, 1.54) is 5.56 Å². The zero-order valence-electron chi connectivity index (χ0n) is 14.8. The van der Waals surface area contributed by atoms with Crippen molar-refractivity contribution in [2.75, 3.05) is 5.32 Å². The summed E-state index contributed by atoms with van der Waals surface area (Å²) in [4.78, 5) is 12.5. The Morgan fingerprint density at radius 3 is 2.54 bits per heavy atom. The maximum Gasteiger partial charge on any atom is 0.255 e. The minimum Gasteiger partial charge on any atom is -0.489 e. The Hall–Kier alpha value is -2.78. The molecule has 3 nitrogen and oxygen atoms in total. The van der Waals surface area contributed by atoms with E-state index in [2.05, 4.69) is 5.32 Å². The number of carbonyl (C=O) groups is 1. The lowest BCUT2D eigenvalue weighted by Gasteiger charge is -2.10. The minimum atomic E-state index is -0.170. The molecule has 0 saturated heterocycles. The van der Waals surface area contributed by atoms with Crippen LogP contribution in [0.15, 0.2) is 66.7 Å². The first kappa shape index (κ1) is 18.0. The van der Waals surface area contributed by atoms with Gasteiger partial charge in [0.05, 0.1) is 0 Å². The molecule has 1 N–H and O–H groups in total. The fourth-order valence-corrected chi connectivity index (χ4v) is 2.72. The molecule has 3 aromatic rings. The quantitative estimate of drug-likeness (QED) is 0.621. The van der Waals surface area contributed by atoms with Gasteiger partial charge in [0.15, 0.2) is 0 Å². The Morgan fingerprint density at radius 2 is 1.77 bits per heavy atom. The maximum atomic E-state index is 12.5. The molecular formula is C22H20ClNO2. The molecule has 0 aromatic heterocycles. The number of ether oxygens (including phenoxy) is 1. The van der Waals surface area contributed by atoms with Crippen LogP contribution in [0, 0.1) is 13.8 Å². The molecule has 0 aliphatic rings. The van der Waals surface area contributed by atoms with Crippen LogP contribution in [0.2, 0.25) is 5.02 Å². The van der Waals surface area contributed by atoms with Crippen molar-refractivity contribution in [1.29, 1.82) is 0 Å². The van der Waals surface area contributed by atoms with Crippen LogP contribution in [-0.4, -0.2) is 5.91 Å². The highest BCUT2D eigenvalue weighted by atomic mass is 35.5. The number of rotatable bonds is 5. The topological polar surface area (TPSA) is 38.3 Å². The maximum absolute atomic E-state index is 12.5. The summed E-state index contributed by atoms with van der Waals surface area (Å²) >= 11 is 6.14. The van der Waals surface area contributed by atoms with Crippen LogP contribution in [0.1, 0.15) is 27.0 Å². The highest BCUT2D eigenvalue weighted by Crippen LogP contribution is 2.20. The fraction of sp³-hybridized carbons (Fsp3) is 0.136. The molecule has 0 aliphatic heterocycles. The number of hydrogen-bond acceptors (Lipinski definition) is 2. The van der Waals surface area contributed by atoms with Crippen LogP contribution >= 0.6 is 11.6 Å². The summed E-state index contributed by atoms with van der Waals surface area (Å²) in [7, 11) is 0. The summed E-state index contributed by atoms with van der Waals surface area (Å²) in [5.41, 5.74) is 4.55. The van der Waals surface area contributed by atoms with Gasteiger partial charge in [-0.1, -0.05) is 41.9 Å². The molecule has 1 amide bonds. The molecule has 0 aliphatic carbocycles. The summed E-state index contributed by atoms with van der Waals surface area (Å²) in [6, 6.07) is 20.5. The predicted molar refractivity (Wildman–Crippen MR) is 106 cm³/mol. The van der Waals surface area contributed by atoms with E-state index >= 15 is 0 Å². The van der Waals surface area contributed by atoms with Crippen molar-refractivity contribution in [2.24, 2.45) is 0 Å². The summed E-state index contributed by atoms with van der Waals surface area (Å²) in [5.74, 6) is 0.453. The van der Waals surface area contributed by atoms with E-state index in [9.17, 15) is 4.79 Å². The molecule has 3 aromatic carbocycles. The van der Waals surface area contributed by atoms with Crippen LogP contribution in [-0.2, 0) is 6.61 Å². The standard InChI is InChI=1S/C22H20ClNO2/c1-15-10-11-19(12-16(15)2)24-22(25)17-7-5-8-20(13-17)26-14-18-6-3-4-9-21(18)23/h3-13H,14H2,1-2H3,(H,24,25). The molecule has 0 saturated carbocycles. The van der Waals surface area contributed by atoms with Gasteiger partial charge in [-0.3, -0.25) is 4.79 Å². The largest absolute Gasteiger partial charge is 0.489 e. The first-order chi connectivity index (χ1) is 12.5. The van der Waals surface area contributed by atoms with Crippen molar-refractivity contribution in [3.63, 3.8) is 0 Å². The van der Waals surface area contributed by atoms with Crippen LogP contribution in [0.4, 0.5) is 5.69 Å². The van der Waals surface area contributed by atoms with Gasteiger partial charge in [-0.25, -0.2) is 0 Å². The van der Waals surface area contributed by atoms with Gasteiger partial charge in [0.2, 0.25) is 0 Å². The molecule has 4 heteroatoms. The smallest absolute Gasteiger partial charge is 0.255 e. The van der Waals surface area contributed by atoms with Crippen LogP contribution in [0.25, 0.3) is 0 Å².